The molecule has 0 N–H and O–H groups in total. The number of halogens is 1. The van der Waals surface area contributed by atoms with E-state index in [1.165, 1.54) is 12.1 Å². The van der Waals surface area contributed by atoms with Crippen molar-refractivity contribution in [1.29, 1.82) is 0 Å². The molecule has 29 heavy (non-hydrogen) atoms. The van der Waals surface area contributed by atoms with Crippen LogP contribution in [-0.2, 0) is 14.8 Å². The van der Waals surface area contributed by atoms with Crippen LogP contribution in [0.4, 0.5) is 10.5 Å². The Morgan fingerprint density at radius 1 is 1.10 bits per heavy atom. The molecular weight excluding hydrogens is 501 g/mol. The predicted molar refractivity (Wildman–Crippen MR) is 126 cm³/mol. The molecule has 0 aromatic heterocycles. The third kappa shape index (κ3) is 6.85. The first kappa shape index (κ1) is 23.4. The smallest absolute Gasteiger partial charge is 0.429 e. The van der Waals surface area contributed by atoms with E-state index in [-0.39, 0.29) is 10.6 Å². The molecule has 2 aromatic rings. The third-order valence-electron chi connectivity index (χ3n) is 3.76. The summed E-state index contributed by atoms with van der Waals surface area (Å²) in [4.78, 5) is 12.9. The van der Waals surface area contributed by atoms with Crippen molar-refractivity contribution in [3.63, 3.8) is 0 Å². The molecular formula is C22H26INO4S. The lowest BCUT2D eigenvalue weighted by Crippen LogP contribution is -2.41. The van der Waals surface area contributed by atoms with E-state index in [2.05, 4.69) is 22.6 Å². The summed E-state index contributed by atoms with van der Waals surface area (Å²) < 4.78 is 33.8. The first-order valence-electron chi connectivity index (χ1n) is 9.31. The van der Waals surface area contributed by atoms with Gasteiger partial charge < -0.3 is 4.74 Å². The maximum Gasteiger partial charge on any atom is 0.429 e. The number of hydrogen-bond acceptors (Lipinski definition) is 4. The van der Waals surface area contributed by atoms with Crippen LogP contribution in [0.2, 0.25) is 0 Å². The van der Waals surface area contributed by atoms with Gasteiger partial charge in [0.25, 0.3) is 10.0 Å². The van der Waals surface area contributed by atoms with Gasteiger partial charge in [-0.15, -0.1) is 0 Å². The summed E-state index contributed by atoms with van der Waals surface area (Å²) in [5.74, 6) is 0. The minimum Gasteiger partial charge on any atom is -0.443 e. The number of rotatable bonds is 7. The number of nitrogens with zero attached hydrogens (tertiary/aromatic N) is 1. The van der Waals surface area contributed by atoms with E-state index in [9.17, 15) is 13.2 Å². The lowest BCUT2D eigenvalue weighted by molar-refractivity contribution is 0.0609. The van der Waals surface area contributed by atoms with Crippen molar-refractivity contribution < 1.29 is 17.9 Å². The number of ether oxygens (including phenoxy) is 1. The SMILES string of the molecule is CC(C)(C)OC(=O)N(c1cccc(/C=C/CCCI)c1)S(=O)(=O)c1ccccc1. The zero-order valence-corrected chi connectivity index (χ0v) is 19.8. The number of carbonyl (C=O) groups is 1. The Hall–Kier alpha value is -1.87. The Morgan fingerprint density at radius 3 is 2.41 bits per heavy atom. The zero-order valence-electron chi connectivity index (χ0n) is 16.8. The quantitative estimate of drug-likeness (QED) is 0.250. The molecule has 0 aliphatic rings. The number of sulfonamides is 1. The molecule has 0 saturated heterocycles. The van der Waals surface area contributed by atoms with Gasteiger partial charge >= 0.3 is 6.09 Å². The maximum absolute atomic E-state index is 13.3. The van der Waals surface area contributed by atoms with Crippen LogP contribution in [0.25, 0.3) is 6.08 Å². The highest BCUT2D eigenvalue weighted by Gasteiger charge is 2.34. The molecule has 1 amide bonds. The van der Waals surface area contributed by atoms with Gasteiger partial charge in [-0.1, -0.05) is 65.1 Å². The topological polar surface area (TPSA) is 63.7 Å². The number of amides is 1. The van der Waals surface area contributed by atoms with Gasteiger partial charge in [-0.05, 0) is 67.9 Å². The van der Waals surface area contributed by atoms with E-state index in [4.69, 9.17) is 4.74 Å². The van der Waals surface area contributed by atoms with E-state index in [1.54, 1.807) is 57.2 Å². The molecule has 0 aliphatic carbocycles. The third-order valence-corrected chi connectivity index (χ3v) is 6.23. The summed E-state index contributed by atoms with van der Waals surface area (Å²) in [6.07, 6.45) is 5.04. The van der Waals surface area contributed by atoms with Gasteiger partial charge in [0.15, 0.2) is 0 Å². The number of benzene rings is 2. The average Bonchev–Trinajstić information content (AvgIpc) is 2.65. The highest BCUT2D eigenvalue weighted by molar-refractivity contribution is 14.1. The lowest BCUT2D eigenvalue weighted by Gasteiger charge is -2.27. The molecule has 0 aliphatic heterocycles. The van der Waals surface area contributed by atoms with Gasteiger partial charge in [-0.25, -0.2) is 13.2 Å². The first-order chi connectivity index (χ1) is 13.6. The first-order valence-corrected chi connectivity index (χ1v) is 12.3. The Kier molecular flexibility index (Phi) is 8.27. The summed E-state index contributed by atoms with van der Waals surface area (Å²) in [5, 5.41) is 0. The van der Waals surface area contributed by atoms with Crippen LogP contribution < -0.4 is 4.31 Å². The molecule has 5 nitrogen and oxygen atoms in total. The Labute approximate surface area is 187 Å². The van der Waals surface area contributed by atoms with Crippen molar-refractivity contribution >= 4 is 50.5 Å². The number of allylic oxidation sites excluding steroid dienone is 1. The Morgan fingerprint density at radius 2 is 1.79 bits per heavy atom. The summed E-state index contributed by atoms with van der Waals surface area (Å²) in [6, 6.07) is 14.7. The summed E-state index contributed by atoms with van der Waals surface area (Å²) in [7, 11) is -4.14. The van der Waals surface area contributed by atoms with Crippen LogP contribution in [0, 0.1) is 0 Å². The lowest BCUT2D eigenvalue weighted by atomic mass is 10.1. The molecule has 2 rings (SSSR count). The van der Waals surface area contributed by atoms with Gasteiger partial charge in [0, 0.05) is 0 Å². The number of alkyl halides is 1. The molecule has 0 spiro atoms. The highest BCUT2D eigenvalue weighted by atomic mass is 127. The van der Waals surface area contributed by atoms with Gasteiger partial charge in [0.05, 0.1) is 10.6 Å². The molecule has 0 atom stereocenters. The standard InChI is InChI=1S/C22H26INO4S/c1-22(2,3)28-21(25)24(29(26,27)20-14-7-4-8-15-20)19-13-10-12-18(17-19)11-6-5-9-16-23/h4,6-8,10-15,17H,5,9,16H2,1-3H3/b11-6+. The van der Waals surface area contributed by atoms with E-state index in [0.717, 1.165) is 27.1 Å². The van der Waals surface area contributed by atoms with Crippen molar-refractivity contribution in [2.45, 2.75) is 44.1 Å². The molecule has 0 radical (unpaired) electrons. The van der Waals surface area contributed by atoms with Crippen molar-refractivity contribution in [3.05, 3.63) is 66.2 Å². The van der Waals surface area contributed by atoms with Gasteiger partial charge in [-0.3, -0.25) is 0 Å². The number of unbranched alkanes of at least 4 members (excludes halogenated alkanes) is 1. The van der Waals surface area contributed by atoms with Gasteiger partial charge in [0.2, 0.25) is 0 Å². The van der Waals surface area contributed by atoms with E-state index >= 15 is 0 Å². The van der Waals surface area contributed by atoms with Gasteiger partial charge in [-0.2, -0.15) is 4.31 Å². The van der Waals surface area contributed by atoms with Crippen LogP contribution >= 0.6 is 22.6 Å². The van der Waals surface area contributed by atoms with E-state index < -0.39 is 21.7 Å². The van der Waals surface area contributed by atoms with Crippen molar-refractivity contribution in [2.24, 2.45) is 0 Å². The van der Waals surface area contributed by atoms with Crippen molar-refractivity contribution in [2.75, 3.05) is 8.73 Å². The van der Waals surface area contributed by atoms with Crippen molar-refractivity contribution in [3.8, 4) is 0 Å². The molecule has 7 heteroatoms. The van der Waals surface area contributed by atoms with Crippen LogP contribution in [0.5, 0.6) is 0 Å². The summed E-state index contributed by atoms with van der Waals surface area (Å²) >= 11 is 2.33. The minimum absolute atomic E-state index is 0.0221. The van der Waals surface area contributed by atoms with Crippen LogP contribution in [-0.4, -0.2) is 24.5 Å². The second-order valence-corrected chi connectivity index (χ2v) is 10.3. The second kappa shape index (κ2) is 10.2. The average molecular weight is 527 g/mol. The number of hydrogen-bond donors (Lipinski definition) is 0. The second-order valence-electron chi connectivity index (χ2n) is 7.39. The van der Waals surface area contributed by atoms with Crippen LogP contribution in [0.1, 0.15) is 39.2 Å². The molecule has 0 bridgehead atoms. The Balaban J connectivity index is 2.48. The molecule has 0 unspecified atom stereocenters. The minimum atomic E-state index is -4.14. The molecule has 2 aromatic carbocycles. The highest BCUT2D eigenvalue weighted by Crippen LogP contribution is 2.27. The Bertz CT molecular complexity index is 950. The van der Waals surface area contributed by atoms with Gasteiger partial charge in [0.1, 0.15) is 5.60 Å². The normalized spacial score (nSPS) is 12.1. The zero-order chi connectivity index (χ0) is 21.5. The fourth-order valence-corrected chi connectivity index (χ4v) is 4.29. The fourth-order valence-electron chi connectivity index (χ4n) is 2.51. The summed E-state index contributed by atoms with van der Waals surface area (Å²) in [6.45, 7) is 5.10. The number of carbonyl (C=O) groups excluding carboxylic acids is 1. The van der Waals surface area contributed by atoms with E-state index in [0.29, 0.717) is 0 Å². The largest absolute Gasteiger partial charge is 0.443 e. The predicted octanol–water partition coefficient (Wildman–Crippen LogP) is 6.05. The monoisotopic (exact) mass is 527 g/mol. The molecule has 0 saturated carbocycles. The fraction of sp³-hybridized carbons (Fsp3) is 0.318. The molecule has 0 heterocycles. The van der Waals surface area contributed by atoms with E-state index in [1.807, 2.05) is 18.2 Å². The molecule has 0 fully saturated rings. The van der Waals surface area contributed by atoms with Crippen LogP contribution in [0.15, 0.2) is 65.6 Å². The van der Waals surface area contributed by atoms with Crippen LogP contribution in [0.3, 0.4) is 0 Å². The molecule has 156 valence electrons. The summed E-state index contributed by atoms with van der Waals surface area (Å²) in [5.41, 5.74) is 0.213. The maximum atomic E-state index is 13.3. The van der Waals surface area contributed by atoms with Crippen molar-refractivity contribution in [1.82, 2.24) is 0 Å². The number of anilines is 1.